The van der Waals surface area contributed by atoms with Gasteiger partial charge in [0.05, 0.1) is 16.8 Å². The minimum atomic E-state index is -0.195. The molecule has 2 aromatic carbocycles. The summed E-state index contributed by atoms with van der Waals surface area (Å²) >= 11 is 0. The zero-order valence-electron chi connectivity index (χ0n) is 16.2. The number of nitrogens with zero attached hydrogens (tertiary/aromatic N) is 2. The summed E-state index contributed by atoms with van der Waals surface area (Å²) in [6.07, 6.45) is 3.58. The maximum absolute atomic E-state index is 12.6. The van der Waals surface area contributed by atoms with Crippen LogP contribution in [0.25, 0.3) is 11.3 Å². The fourth-order valence-electron chi connectivity index (χ4n) is 4.26. The van der Waals surface area contributed by atoms with Gasteiger partial charge in [0.1, 0.15) is 0 Å². The van der Waals surface area contributed by atoms with E-state index in [0.29, 0.717) is 17.7 Å². The summed E-state index contributed by atoms with van der Waals surface area (Å²) in [4.78, 5) is 31.1. The average molecular weight is 383 g/mol. The van der Waals surface area contributed by atoms with Gasteiger partial charge in [0.15, 0.2) is 0 Å². The predicted molar refractivity (Wildman–Crippen MR) is 112 cm³/mol. The van der Waals surface area contributed by atoms with Gasteiger partial charge in [0.2, 0.25) is 0 Å². The number of benzene rings is 2. The zero-order chi connectivity index (χ0) is 20.0. The summed E-state index contributed by atoms with van der Waals surface area (Å²) in [7, 11) is 0. The molecule has 0 bridgehead atoms. The first kappa shape index (κ1) is 17.6. The van der Waals surface area contributed by atoms with Crippen molar-refractivity contribution in [2.45, 2.75) is 25.8 Å². The van der Waals surface area contributed by atoms with Crippen LogP contribution in [0, 0.1) is 6.92 Å². The van der Waals surface area contributed by atoms with E-state index in [-0.39, 0.29) is 17.9 Å². The van der Waals surface area contributed by atoms with Crippen LogP contribution in [0.4, 0.5) is 5.69 Å². The summed E-state index contributed by atoms with van der Waals surface area (Å²) in [6, 6.07) is 17.4. The second-order valence-electron chi connectivity index (χ2n) is 7.69. The summed E-state index contributed by atoms with van der Waals surface area (Å²) < 4.78 is 0. The fraction of sp³-hybridized carbons (Fsp3) is 0.208. The molecule has 5 heteroatoms. The molecule has 2 aliphatic heterocycles. The van der Waals surface area contributed by atoms with Crippen molar-refractivity contribution in [1.29, 1.82) is 0 Å². The van der Waals surface area contributed by atoms with Gasteiger partial charge in [-0.15, -0.1) is 0 Å². The summed E-state index contributed by atoms with van der Waals surface area (Å²) in [5, 5.41) is 3.52. The number of nitrogens with one attached hydrogen (secondary N) is 1. The van der Waals surface area contributed by atoms with E-state index in [2.05, 4.69) is 41.5 Å². The Bertz CT molecular complexity index is 1100. The molecular weight excluding hydrogens is 362 g/mol. The highest BCUT2D eigenvalue weighted by Crippen LogP contribution is 2.31. The van der Waals surface area contributed by atoms with Crippen molar-refractivity contribution >= 4 is 17.5 Å². The molecule has 5 nitrogen and oxygen atoms in total. The van der Waals surface area contributed by atoms with Crippen molar-refractivity contribution in [3.05, 3.63) is 83.0 Å². The van der Waals surface area contributed by atoms with Crippen LogP contribution in [-0.2, 0) is 6.42 Å². The Kier molecular flexibility index (Phi) is 4.16. The Morgan fingerprint density at radius 3 is 2.52 bits per heavy atom. The quantitative estimate of drug-likeness (QED) is 0.693. The standard InChI is InChI=1S/C24H21N3O2/c1-15-5-4-12-25-22(15)17-9-11-21-16(13-17)8-10-18(26-21)14-27-23(28)19-6-2-3-7-20(19)24(27)29/h2-7,9,11-13,18,26H,8,10,14H2,1H3. The number of aryl methyl sites for hydroxylation is 2. The van der Waals surface area contributed by atoms with Gasteiger partial charge < -0.3 is 5.32 Å². The lowest BCUT2D eigenvalue weighted by Crippen LogP contribution is -2.41. The molecule has 1 atom stereocenters. The van der Waals surface area contributed by atoms with E-state index in [1.165, 1.54) is 10.5 Å². The molecule has 144 valence electrons. The van der Waals surface area contributed by atoms with Gasteiger partial charge in [0.25, 0.3) is 11.8 Å². The highest BCUT2D eigenvalue weighted by molar-refractivity contribution is 6.21. The highest BCUT2D eigenvalue weighted by atomic mass is 16.2. The SMILES string of the molecule is Cc1cccnc1-c1ccc2c(c1)CCC(CN1C(=O)c3ccccc3C1=O)N2. The molecule has 3 aromatic rings. The van der Waals surface area contributed by atoms with Gasteiger partial charge in [-0.2, -0.15) is 0 Å². The number of pyridine rings is 1. The van der Waals surface area contributed by atoms with Crippen LogP contribution >= 0.6 is 0 Å². The number of hydrogen-bond acceptors (Lipinski definition) is 4. The maximum atomic E-state index is 12.6. The minimum Gasteiger partial charge on any atom is -0.380 e. The number of anilines is 1. The normalized spacial score (nSPS) is 17.7. The van der Waals surface area contributed by atoms with Crippen molar-refractivity contribution in [3.8, 4) is 11.3 Å². The minimum absolute atomic E-state index is 0.0483. The Balaban J connectivity index is 1.34. The Labute approximate surface area is 169 Å². The molecule has 2 aliphatic rings. The van der Waals surface area contributed by atoms with Gasteiger partial charge in [-0.05, 0) is 61.2 Å². The first-order chi connectivity index (χ1) is 14.1. The molecule has 5 rings (SSSR count). The summed E-state index contributed by atoms with van der Waals surface area (Å²) in [5.41, 5.74) is 6.58. The van der Waals surface area contributed by atoms with E-state index in [0.717, 1.165) is 35.3 Å². The topological polar surface area (TPSA) is 62.3 Å². The lowest BCUT2D eigenvalue weighted by Gasteiger charge is -2.30. The second kappa shape index (κ2) is 6.85. The van der Waals surface area contributed by atoms with Crippen molar-refractivity contribution in [3.63, 3.8) is 0 Å². The third-order valence-corrected chi connectivity index (χ3v) is 5.79. The first-order valence-corrected chi connectivity index (χ1v) is 9.88. The third-order valence-electron chi connectivity index (χ3n) is 5.79. The molecule has 3 heterocycles. The van der Waals surface area contributed by atoms with Crippen LogP contribution in [-0.4, -0.2) is 34.3 Å². The van der Waals surface area contributed by atoms with Crippen LogP contribution in [0.15, 0.2) is 60.8 Å². The van der Waals surface area contributed by atoms with Crippen LogP contribution < -0.4 is 5.32 Å². The van der Waals surface area contributed by atoms with Crippen LogP contribution in [0.3, 0.4) is 0 Å². The van der Waals surface area contributed by atoms with Crippen molar-refractivity contribution in [2.75, 3.05) is 11.9 Å². The summed E-state index contributed by atoms with van der Waals surface area (Å²) in [5.74, 6) is -0.390. The number of aromatic nitrogens is 1. The lowest BCUT2D eigenvalue weighted by molar-refractivity contribution is 0.0646. The van der Waals surface area contributed by atoms with Gasteiger partial charge in [0, 0.05) is 30.0 Å². The molecule has 1 N–H and O–H groups in total. The fourth-order valence-corrected chi connectivity index (χ4v) is 4.26. The number of amides is 2. The molecule has 0 saturated carbocycles. The maximum Gasteiger partial charge on any atom is 0.261 e. The molecule has 0 radical (unpaired) electrons. The second-order valence-corrected chi connectivity index (χ2v) is 7.69. The molecule has 2 amide bonds. The van der Waals surface area contributed by atoms with E-state index in [9.17, 15) is 9.59 Å². The highest BCUT2D eigenvalue weighted by Gasteiger charge is 2.36. The van der Waals surface area contributed by atoms with E-state index in [1.54, 1.807) is 24.3 Å². The largest absolute Gasteiger partial charge is 0.380 e. The molecular formula is C24H21N3O2. The van der Waals surface area contributed by atoms with Gasteiger partial charge in [-0.25, -0.2) is 0 Å². The Morgan fingerprint density at radius 1 is 1.03 bits per heavy atom. The predicted octanol–water partition coefficient (Wildman–Crippen LogP) is 4.08. The Hall–Kier alpha value is -3.47. The molecule has 1 unspecified atom stereocenters. The molecule has 29 heavy (non-hydrogen) atoms. The number of hydrogen-bond donors (Lipinski definition) is 1. The Morgan fingerprint density at radius 2 is 1.79 bits per heavy atom. The van der Waals surface area contributed by atoms with Gasteiger partial charge >= 0.3 is 0 Å². The van der Waals surface area contributed by atoms with Crippen LogP contribution in [0.2, 0.25) is 0 Å². The van der Waals surface area contributed by atoms with E-state index < -0.39 is 0 Å². The molecule has 0 saturated heterocycles. The zero-order valence-corrected chi connectivity index (χ0v) is 16.2. The molecule has 0 fully saturated rings. The monoisotopic (exact) mass is 383 g/mol. The summed E-state index contributed by atoms with van der Waals surface area (Å²) in [6.45, 7) is 2.45. The molecule has 0 aliphatic carbocycles. The van der Waals surface area contributed by atoms with Gasteiger partial charge in [-0.3, -0.25) is 19.5 Å². The van der Waals surface area contributed by atoms with Crippen molar-refractivity contribution < 1.29 is 9.59 Å². The average Bonchev–Trinajstić information content (AvgIpc) is 2.99. The van der Waals surface area contributed by atoms with E-state index >= 15 is 0 Å². The van der Waals surface area contributed by atoms with E-state index in [4.69, 9.17) is 0 Å². The van der Waals surface area contributed by atoms with E-state index in [1.807, 2.05) is 12.3 Å². The number of fused-ring (bicyclic) bond motifs is 2. The smallest absolute Gasteiger partial charge is 0.261 e. The van der Waals surface area contributed by atoms with Crippen LogP contribution in [0.1, 0.15) is 38.3 Å². The number of imide groups is 1. The van der Waals surface area contributed by atoms with Gasteiger partial charge in [-0.1, -0.05) is 24.3 Å². The van der Waals surface area contributed by atoms with Crippen LogP contribution in [0.5, 0.6) is 0 Å². The number of rotatable bonds is 3. The molecule has 1 aromatic heterocycles. The third kappa shape index (κ3) is 2.99. The first-order valence-electron chi connectivity index (χ1n) is 9.88. The van der Waals surface area contributed by atoms with Crippen molar-refractivity contribution in [2.24, 2.45) is 0 Å². The van der Waals surface area contributed by atoms with Crippen molar-refractivity contribution in [1.82, 2.24) is 9.88 Å². The number of carbonyl (C=O) groups excluding carboxylic acids is 2. The lowest BCUT2D eigenvalue weighted by atomic mass is 9.94. The number of carbonyl (C=O) groups is 2. The molecule has 0 spiro atoms.